The molecule has 4 nitrogen and oxygen atoms in total. The van der Waals surface area contributed by atoms with Crippen LogP contribution in [0.15, 0.2) is 29.1 Å². The Hall–Kier alpha value is -1.93. The van der Waals surface area contributed by atoms with Gasteiger partial charge in [0.2, 0.25) is 5.88 Å². The molecule has 2 aromatic rings. The summed E-state index contributed by atoms with van der Waals surface area (Å²) in [7, 11) is 0. The zero-order chi connectivity index (χ0) is 13.1. The van der Waals surface area contributed by atoms with E-state index in [4.69, 9.17) is 10.00 Å². The standard InChI is InChI=1S/C13H10BrN3O/c1-8-3-10(5-15)4-9(2)13(8)18-12-7-16-11(14)6-17-12/h3-4,6-7H,1-2H3. The Labute approximate surface area is 113 Å². The van der Waals surface area contributed by atoms with Crippen LogP contribution < -0.4 is 4.74 Å². The lowest BCUT2D eigenvalue weighted by Gasteiger charge is -2.10. The highest BCUT2D eigenvalue weighted by Crippen LogP contribution is 2.28. The van der Waals surface area contributed by atoms with E-state index in [1.54, 1.807) is 24.5 Å². The van der Waals surface area contributed by atoms with Gasteiger partial charge in [0.1, 0.15) is 10.4 Å². The molecule has 0 aliphatic carbocycles. The van der Waals surface area contributed by atoms with Gasteiger partial charge in [-0.2, -0.15) is 5.26 Å². The van der Waals surface area contributed by atoms with Gasteiger partial charge in [-0.25, -0.2) is 9.97 Å². The van der Waals surface area contributed by atoms with Crippen LogP contribution in [0, 0.1) is 25.2 Å². The number of nitriles is 1. The molecule has 0 amide bonds. The van der Waals surface area contributed by atoms with Crippen molar-refractivity contribution in [1.82, 2.24) is 9.97 Å². The molecule has 0 fully saturated rings. The molecule has 1 aromatic carbocycles. The fourth-order valence-electron chi connectivity index (χ4n) is 1.63. The zero-order valence-corrected chi connectivity index (χ0v) is 11.5. The monoisotopic (exact) mass is 303 g/mol. The van der Waals surface area contributed by atoms with Crippen LogP contribution in [0.25, 0.3) is 0 Å². The minimum Gasteiger partial charge on any atom is -0.437 e. The predicted molar refractivity (Wildman–Crippen MR) is 70.4 cm³/mol. The maximum atomic E-state index is 8.88. The Balaban J connectivity index is 2.35. The molecule has 1 heterocycles. The summed E-state index contributed by atoms with van der Waals surface area (Å²) in [5, 5.41) is 8.88. The molecular formula is C13H10BrN3O. The molecule has 5 heteroatoms. The largest absolute Gasteiger partial charge is 0.437 e. The maximum Gasteiger partial charge on any atom is 0.237 e. The quantitative estimate of drug-likeness (QED) is 0.851. The summed E-state index contributed by atoms with van der Waals surface area (Å²) in [5.74, 6) is 1.14. The van der Waals surface area contributed by atoms with Crippen molar-refractivity contribution in [2.24, 2.45) is 0 Å². The topological polar surface area (TPSA) is 58.8 Å². The maximum absolute atomic E-state index is 8.88. The number of hydrogen-bond acceptors (Lipinski definition) is 4. The molecule has 0 aliphatic heterocycles. The summed E-state index contributed by atoms with van der Waals surface area (Å²) in [4.78, 5) is 8.15. The molecule has 0 radical (unpaired) electrons. The third-order valence-electron chi connectivity index (χ3n) is 2.39. The normalized spacial score (nSPS) is 9.89. The minimum atomic E-state index is 0.425. The Bertz CT molecular complexity index is 594. The number of ether oxygens (including phenoxy) is 1. The number of aromatic nitrogens is 2. The molecule has 1 aromatic heterocycles. The number of nitrogens with zero attached hydrogens (tertiary/aromatic N) is 3. The van der Waals surface area contributed by atoms with E-state index in [1.807, 2.05) is 13.8 Å². The second-order valence-electron chi connectivity index (χ2n) is 3.83. The van der Waals surface area contributed by atoms with Crippen LogP contribution in [0.5, 0.6) is 11.6 Å². The molecule has 0 saturated heterocycles. The lowest BCUT2D eigenvalue weighted by atomic mass is 10.1. The molecule has 0 spiro atoms. The summed E-state index contributed by atoms with van der Waals surface area (Å²) in [5.41, 5.74) is 2.42. The van der Waals surface area contributed by atoms with Crippen molar-refractivity contribution in [2.45, 2.75) is 13.8 Å². The van der Waals surface area contributed by atoms with Gasteiger partial charge in [-0.3, -0.25) is 0 Å². The van der Waals surface area contributed by atoms with Gasteiger partial charge in [0.05, 0.1) is 24.0 Å². The van der Waals surface area contributed by atoms with Crippen molar-refractivity contribution in [3.05, 3.63) is 45.8 Å². The van der Waals surface area contributed by atoms with Gasteiger partial charge < -0.3 is 4.74 Å². The minimum absolute atomic E-state index is 0.425. The van der Waals surface area contributed by atoms with E-state index in [2.05, 4.69) is 32.0 Å². The van der Waals surface area contributed by atoms with E-state index in [-0.39, 0.29) is 0 Å². The van der Waals surface area contributed by atoms with E-state index in [9.17, 15) is 0 Å². The third-order valence-corrected chi connectivity index (χ3v) is 2.80. The van der Waals surface area contributed by atoms with Gasteiger partial charge in [0.15, 0.2) is 0 Å². The predicted octanol–water partition coefficient (Wildman–Crippen LogP) is 3.52. The van der Waals surface area contributed by atoms with Crippen molar-refractivity contribution in [2.75, 3.05) is 0 Å². The van der Waals surface area contributed by atoms with Crippen molar-refractivity contribution in [1.29, 1.82) is 5.26 Å². The van der Waals surface area contributed by atoms with Gasteiger partial charge in [-0.15, -0.1) is 0 Å². The number of aryl methyl sites for hydroxylation is 2. The summed E-state index contributed by atoms with van der Waals surface area (Å²) in [6.07, 6.45) is 3.12. The summed E-state index contributed by atoms with van der Waals surface area (Å²) >= 11 is 3.21. The van der Waals surface area contributed by atoms with Gasteiger partial charge in [0.25, 0.3) is 0 Å². The van der Waals surface area contributed by atoms with Gasteiger partial charge >= 0.3 is 0 Å². The fraction of sp³-hybridized carbons (Fsp3) is 0.154. The number of hydrogen-bond donors (Lipinski definition) is 0. The SMILES string of the molecule is Cc1cc(C#N)cc(C)c1Oc1cnc(Br)cn1. The van der Waals surface area contributed by atoms with E-state index in [1.165, 1.54) is 0 Å². The third kappa shape index (κ3) is 2.66. The van der Waals surface area contributed by atoms with Crippen LogP contribution in [0.3, 0.4) is 0 Å². The van der Waals surface area contributed by atoms with Gasteiger partial charge in [-0.1, -0.05) is 0 Å². The van der Waals surface area contributed by atoms with Crippen LogP contribution in [0.1, 0.15) is 16.7 Å². The summed E-state index contributed by atoms with van der Waals surface area (Å²) < 4.78 is 6.35. The van der Waals surface area contributed by atoms with Crippen LogP contribution in [0.2, 0.25) is 0 Å². The molecule has 0 N–H and O–H groups in total. The molecule has 0 saturated carbocycles. The Morgan fingerprint density at radius 1 is 1.17 bits per heavy atom. The lowest BCUT2D eigenvalue weighted by Crippen LogP contribution is -1.95. The van der Waals surface area contributed by atoms with E-state index >= 15 is 0 Å². The van der Waals surface area contributed by atoms with Crippen molar-refractivity contribution >= 4 is 15.9 Å². The number of benzene rings is 1. The molecule has 2 rings (SSSR count). The van der Waals surface area contributed by atoms with E-state index in [0.717, 1.165) is 11.1 Å². The zero-order valence-electron chi connectivity index (χ0n) is 9.94. The molecule has 18 heavy (non-hydrogen) atoms. The average Bonchev–Trinajstić information content (AvgIpc) is 2.35. The molecule has 0 aliphatic rings. The van der Waals surface area contributed by atoms with Gasteiger partial charge in [0, 0.05) is 0 Å². The first kappa shape index (κ1) is 12.5. The Kier molecular flexibility index (Phi) is 3.58. The highest BCUT2D eigenvalue weighted by Gasteiger charge is 2.08. The van der Waals surface area contributed by atoms with E-state index in [0.29, 0.717) is 21.8 Å². The van der Waals surface area contributed by atoms with Crippen molar-refractivity contribution < 1.29 is 4.74 Å². The van der Waals surface area contributed by atoms with Crippen LogP contribution in [0.4, 0.5) is 0 Å². The number of rotatable bonds is 2. The second-order valence-corrected chi connectivity index (χ2v) is 4.64. The second kappa shape index (κ2) is 5.15. The van der Waals surface area contributed by atoms with Crippen molar-refractivity contribution in [3.8, 4) is 17.7 Å². The Morgan fingerprint density at radius 2 is 1.83 bits per heavy atom. The summed E-state index contributed by atoms with van der Waals surface area (Å²) in [6, 6.07) is 5.69. The van der Waals surface area contributed by atoms with E-state index < -0.39 is 0 Å². The van der Waals surface area contributed by atoms with Crippen LogP contribution >= 0.6 is 15.9 Å². The lowest BCUT2D eigenvalue weighted by molar-refractivity contribution is 0.453. The summed E-state index contributed by atoms with van der Waals surface area (Å²) in [6.45, 7) is 3.80. The van der Waals surface area contributed by atoms with Crippen molar-refractivity contribution in [3.63, 3.8) is 0 Å². The molecule has 0 atom stereocenters. The molecule has 0 bridgehead atoms. The van der Waals surface area contributed by atoms with Crippen LogP contribution in [-0.4, -0.2) is 9.97 Å². The first-order valence-corrected chi connectivity index (χ1v) is 6.06. The van der Waals surface area contributed by atoms with Crippen LogP contribution in [-0.2, 0) is 0 Å². The number of halogens is 1. The fourth-order valence-corrected chi connectivity index (χ4v) is 1.84. The first-order chi connectivity index (χ1) is 8.60. The molecule has 90 valence electrons. The molecular weight excluding hydrogens is 294 g/mol. The average molecular weight is 304 g/mol. The Morgan fingerprint density at radius 3 is 2.33 bits per heavy atom. The molecule has 0 unspecified atom stereocenters. The smallest absolute Gasteiger partial charge is 0.237 e. The first-order valence-electron chi connectivity index (χ1n) is 5.27. The highest BCUT2D eigenvalue weighted by atomic mass is 79.9. The van der Waals surface area contributed by atoms with Gasteiger partial charge in [-0.05, 0) is 53.0 Å². The highest BCUT2D eigenvalue weighted by molar-refractivity contribution is 9.10.